The van der Waals surface area contributed by atoms with Crippen molar-refractivity contribution in [2.45, 2.75) is 6.92 Å². The molecule has 2 aromatic heterocycles. The molecule has 2 heterocycles. The number of carbonyl (C=O) groups excluding carboxylic acids is 3. The molecule has 0 saturated carbocycles. The number of benzene rings is 1. The van der Waals surface area contributed by atoms with E-state index in [0.29, 0.717) is 29.9 Å². The van der Waals surface area contributed by atoms with Crippen molar-refractivity contribution in [3.8, 4) is 0 Å². The Balaban J connectivity index is 1.86. The molecule has 28 heavy (non-hydrogen) atoms. The molecule has 0 spiro atoms. The van der Waals surface area contributed by atoms with Gasteiger partial charge in [0.15, 0.2) is 11.5 Å². The lowest BCUT2D eigenvalue weighted by molar-refractivity contribution is 0.0933. The summed E-state index contributed by atoms with van der Waals surface area (Å²) < 4.78 is 6.48. The number of ether oxygens (including phenoxy) is 1. The van der Waals surface area contributed by atoms with Crippen LogP contribution in [0, 0.1) is 0 Å². The van der Waals surface area contributed by atoms with Crippen molar-refractivity contribution < 1.29 is 19.1 Å². The van der Waals surface area contributed by atoms with Crippen molar-refractivity contribution in [3.63, 3.8) is 0 Å². The van der Waals surface area contributed by atoms with Gasteiger partial charge < -0.3 is 15.4 Å². The predicted octanol–water partition coefficient (Wildman–Crippen LogP) is 2.17. The van der Waals surface area contributed by atoms with Crippen LogP contribution < -0.4 is 10.6 Å². The molecule has 0 bridgehead atoms. The summed E-state index contributed by atoms with van der Waals surface area (Å²) in [5, 5.41) is 5.44. The number of hydrogen-bond donors (Lipinski definition) is 2. The number of fused-ring (bicyclic) bond motifs is 1. The van der Waals surface area contributed by atoms with Gasteiger partial charge in [0.05, 0.1) is 12.1 Å². The van der Waals surface area contributed by atoms with Crippen molar-refractivity contribution in [2.75, 3.05) is 25.6 Å². The number of hydrogen-bond acceptors (Lipinski definition) is 5. The lowest BCUT2D eigenvalue weighted by atomic mass is 10.1. The molecule has 3 aromatic rings. The first-order chi connectivity index (χ1) is 13.5. The van der Waals surface area contributed by atoms with Crippen molar-refractivity contribution in [1.29, 1.82) is 0 Å². The molecule has 8 nitrogen and oxygen atoms in total. The van der Waals surface area contributed by atoms with Crippen LogP contribution in [0.25, 0.3) is 5.52 Å². The third-order valence-electron chi connectivity index (χ3n) is 4.11. The number of aromatic nitrogens is 2. The average molecular weight is 380 g/mol. The molecule has 2 amide bonds. The van der Waals surface area contributed by atoms with Crippen molar-refractivity contribution in [1.82, 2.24) is 14.7 Å². The van der Waals surface area contributed by atoms with E-state index in [1.807, 2.05) is 0 Å². The molecule has 0 unspecified atom stereocenters. The quantitative estimate of drug-likeness (QED) is 0.483. The molecule has 8 heteroatoms. The summed E-state index contributed by atoms with van der Waals surface area (Å²) in [6.07, 6.45) is 1.67. The lowest BCUT2D eigenvalue weighted by Gasteiger charge is -2.05. The highest BCUT2D eigenvalue weighted by atomic mass is 16.5. The molecule has 0 saturated heterocycles. The Morgan fingerprint density at radius 2 is 1.82 bits per heavy atom. The normalized spacial score (nSPS) is 10.6. The molecule has 0 atom stereocenters. The fraction of sp³-hybridized carbons (Fsp3) is 0.200. The molecule has 144 valence electrons. The number of methoxy groups -OCH3 is 1. The van der Waals surface area contributed by atoms with E-state index in [9.17, 15) is 14.4 Å². The molecular weight excluding hydrogens is 360 g/mol. The molecule has 0 radical (unpaired) electrons. The molecule has 0 aliphatic rings. The summed E-state index contributed by atoms with van der Waals surface area (Å²) in [5.74, 6) is -0.817. The Labute approximate surface area is 161 Å². The van der Waals surface area contributed by atoms with Crippen LogP contribution >= 0.6 is 0 Å². The van der Waals surface area contributed by atoms with Crippen LogP contribution in [0.4, 0.5) is 5.69 Å². The lowest BCUT2D eigenvalue weighted by Crippen LogP contribution is -2.27. The molecular formula is C20H20N4O4. The first-order valence-corrected chi connectivity index (χ1v) is 8.68. The van der Waals surface area contributed by atoms with Crippen LogP contribution in [0.15, 0.2) is 48.7 Å². The van der Waals surface area contributed by atoms with Gasteiger partial charge in [-0.2, -0.15) is 0 Å². The number of carbonyl (C=O) groups is 3. The number of anilines is 1. The highest BCUT2D eigenvalue weighted by molar-refractivity contribution is 6.06. The van der Waals surface area contributed by atoms with Crippen LogP contribution in [-0.2, 0) is 4.74 Å². The zero-order valence-corrected chi connectivity index (χ0v) is 15.6. The van der Waals surface area contributed by atoms with E-state index in [1.54, 1.807) is 60.2 Å². The van der Waals surface area contributed by atoms with Crippen LogP contribution in [0.1, 0.15) is 38.4 Å². The fourth-order valence-corrected chi connectivity index (χ4v) is 2.69. The van der Waals surface area contributed by atoms with Gasteiger partial charge in [-0.25, -0.2) is 4.98 Å². The summed E-state index contributed by atoms with van der Waals surface area (Å²) in [7, 11) is 1.55. The Hall–Kier alpha value is -3.52. The third-order valence-corrected chi connectivity index (χ3v) is 4.11. The van der Waals surface area contributed by atoms with E-state index in [0.717, 1.165) is 0 Å². The second-order valence-electron chi connectivity index (χ2n) is 6.08. The summed E-state index contributed by atoms with van der Waals surface area (Å²) in [5.41, 5.74) is 1.76. The van der Waals surface area contributed by atoms with Crippen LogP contribution in [0.3, 0.4) is 0 Å². The maximum absolute atomic E-state index is 12.7. The van der Waals surface area contributed by atoms with Crippen LogP contribution in [0.2, 0.25) is 0 Å². The van der Waals surface area contributed by atoms with Crippen LogP contribution in [-0.4, -0.2) is 47.2 Å². The van der Waals surface area contributed by atoms with Crippen molar-refractivity contribution >= 4 is 28.8 Å². The van der Waals surface area contributed by atoms with E-state index in [-0.39, 0.29) is 23.2 Å². The maximum Gasteiger partial charge on any atom is 0.292 e. The number of rotatable bonds is 7. The number of imidazole rings is 1. The van der Waals surface area contributed by atoms with E-state index in [4.69, 9.17) is 4.74 Å². The van der Waals surface area contributed by atoms with Gasteiger partial charge in [0, 0.05) is 31.1 Å². The Kier molecular flexibility index (Phi) is 5.81. The minimum atomic E-state index is -0.465. The van der Waals surface area contributed by atoms with Crippen molar-refractivity contribution in [3.05, 3.63) is 65.7 Å². The minimum Gasteiger partial charge on any atom is -0.383 e. The van der Waals surface area contributed by atoms with Gasteiger partial charge in [0.25, 0.3) is 11.8 Å². The monoisotopic (exact) mass is 380 g/mol. The number of Topliss-reactive ketones (excluding diaryl/α,β-unsaturated/α-hetero) is 1. The van der Waals surface area contributed by atoms with E-state index in [1.165, 1.54) is 6.92 Å². The summed E-state index contributed by atoms with van der Waals surface area (Å²) in [4.78, 5) is 40.8. The fourth-order valence-electron chi connectivity index (χ4n) is 2.69. The molecule has 1 aromatic carbocycles. The number of amides is 2. The summed E-state index contributed by atoms with van der Waals surface area (Å²) in [6, 6.07) is 11.8. The zero-order chi connectivity index (χ0) is 20.1. The third kappa shape index (κ3) is 4.07. The van der Waals surface area contributed by atoms with Gasteiger partial charge in [-0.05, 0) is 43.3 Å². The van der Waals surface area contributed by atoms with Gasteiger partial charge >= 0.3 is 0 Å². The van der Waals surface area contributed by atoms with E-state index < -0.39 is 5.91 Å². The Morgan fingerprint density at radius 3 is 2.50 bits per heavy atom. The van der Waals surface area contributed by atoms with Gasteiger partial charge in [-0.15, -0.1) is 0 Å². The van der Waals surface area contributed by atoms with Crippen molar-refractivity contribution in [2.24, 2.45) is 0 Å². The average Bonchev–Trinajstić information content (AvgIpc) is 3.08. The van der Waals surface area contributed by atoms with Gasteiger partial charge in [0.2, 0.25) is 5.82 Å². The molecule has 2 N–H and O–H groups in total. The molecule has 3 rings (SSSR count). The largest absolute Gasteiger partial charge is 0.383 e. The molecule has 0 aliphatic carbocycles. The SMILES string of the molecule is COCCNC(=O)c1nc(C(=O)Nc2ccc(C(C)=O)cc2)n2ccccc12. The van der Waals surface area contributed by atoms with Crippen LogP contribution in [0.5, 0.6) is 0 Å². The van der Waals surface area contributed by atoms with E-state index in [2.05, 4.69) is 15.6 Å². The number of nitrogens with zero attached hydrogens (tertiary/aromatic N) is 2. The maximum atomic E-state index is 12.7. The minimum absolute atomic E-state index is 0.0544. The first-order valence-electron chi connectivity index (χ1n) is 8.68. The van der Waals surface area contributed by atoms with Gasteiger partial charge in [-0.3, -0.25) is 18.8 Å². The number of nitrogens with one attached hydrogen (secondary N) is 2. The number of ketones is 1. The molecule has 0 aliphatic heterocycles. The Morgan fingerprint density at radius 1 is 1.07 bits per heavy atom. The topological polar surface area (TPSA) is 102 Å². The van der Waals surface area contributed by atoms with Gasteiger partial charge in [-0.1, -0.05) is 6.07 Å². The van der Waals surface area contributed by atoms with Gasteiger partial charge in [0.1, 0.15) is 0 Å². The number of pyridine rings is 1. The van der Waals surface area contributed by atoms with E-state index >= 15 is 0 Å². The highest BCUT2D eigenvalue weighted by Crippen LogP contribution is 2.16. The highest BCUT2D eigenvalue weighted by Gasteiger charge is 2.21. The summed E-state index contributed by atoms with van der Waals surface area (Å²) >= 11 is 0. The zero-order valence-electron chi connectivity index (χ0n) is 15.6. The standard InChI is InChI=1S/C20H20N4O4/c1-13(25)14-6-8-15(9-7-14)22-20(27)18-23-17(19(26)21-10-12-28-2)16-5-3-4-11-24(16)18/h3-9,11H,10,12H2,1-2H3,(H,21,26)(H,22,27). The predicted molar refractivity (Wildman–Crippen MR) is 104 cm³/mol. The molecule has 0 fully saturated rings. The second-order valence-corrected chi connectivity index (χ2v) is 6.08. The Bertz CT molecular complexity index is 1020. The summed E-state index contributed by atoms with van der Waals surface area (Å²) in [6.45, 7) is 2.19. The smallest absolute Gasteiger partial charge is 0.292 e. The second kappa shape index (κ2) is 8.45. The first kappa shape index (κ1) is 19.2.